The standard InChI is InChI=1S/C71H48N2/c1-4-21-49(22-5-1)50-39-42-55(43-40-50)72(67-38-20-24-51-23-10-11-30-58(51)67)68-36-18-15-33-61(68)59-31-13-12-29-57(59)52-41-45-63-62-34-16-19-37-69(62)73(70(63)47-52)56-44-46-66-64(48-56)60-32-14-17-35-65(60)71(66,53-25-6-2-7-26-53)54-27-8-3-9-28-54/h1-48H. The molecule has 2 heteroatoms. The molecule has 1 aromatic heterocycles. The summed E-state index contributed by atoms with van der Waals surface area (Å²) in [4.78, 5) is 2.44. The van der Waals surface area contributed by atoms with Crippen molar-refractivity contribution >= 4 is 49.6 Å². The van der Waals surface area contributed by atoms with Gasteiger partial charge in [0.2, 0.25) is 0 Å². The maximum atomic E-state index is 2.49. The van der Waals surface area contributed by atoms with Crippen LogP contribution < -0.4 is 4.90 Å². The Morgan fingerprint density at radius 2 is 0.822 bits per heavy atom. The first kappa shape index (κ1) is 42.4. The number of aromatic nitrogens is 1. The van der Waals surface area contributed by atoms with Gasteiger partial charge in [-0.2, -0.15) is 0 Å². The summed E-state index contributed by atoms with van der Waals surface area (Å²) in [6.07, 6.45) is 0. The van der Waals surface area contributed by atoms with Crippen molar-refractivity contribution in [2.24, 2.45) is 0 Å². The van der Waals surface area contributed by atoms with Gasteiger partial charge in [0, 0.05) is 33.1 Å². The quantitative estimate of drug-likeness (QED) is 0.140. The fraction of sp³-hybridized carbons (Fsp3) is 0.0141. The Labute approximate surface area is 426 Å². The van der Waals surface area contributed by atoms with E-state index in [0.717, 1.165) is 33.9 Å². The van der Waals surface area contributed by atoms with Crippen LogP contribution in [0, 0.1) is 0 Å². The van der Waals surface area contributed by atoms with E-state index in [2.05, 4.69) is 301 Å². The fourth-order valence-corrected chi connectivity index (χ4v) is 12.1. The largest absolute Gasteiger partial charge is 0.309 e. The average Bonchev–Trinajstić information content (AvgIpc) is 4.01. The van der Waals surface area contributed by atoms with Crippen molar-refractivity contribution in [2.75, 3.05) is 4.90 Å². The second kappa shape index (κ2) is 17.4. The third kappa shape index (κ3) is 6.79. The minimum absolute atomic E-state index is 0.463. The van der Waals surface area contributed by atoms with Gasteiger partial charge in [-0.3, -0.25) is 0 Å². The predicted octanol–water partition coefficient (Wildman–Crippen LogP) is 18.8. The van der Waals surface area contributed by atoms with Crippen LogP contribution in [0.2, 0.25) is 0 Å². The summed E-state index contributed by atoms with van der Waals surface area (Å²) in [5, 5.41) is 4.85. The molecular weight excluding hydrogens is 881 g/mol. The van der Waals surface area contributed by atoms with Gasteiger partial charge in [0.25, 0.3) is 0 Å². The zero-order valence-electron chi connectivity index (χ0n) is 40.1. The van der Waals surface area contributed by atoms with Gasteiger partial charge in [-0.15, -0.1) is 0 Å². The van der Waals surface area contributed by atoms with Crippen LogP contribution in [-0.2, 0) is 5.41 Å². The van der Waals surface area contributed by atoms with Gasteiger partial charge >= 0.3 is 0 Å². The van der Waals surface area contributed by atoms with Crippen molar-refractivity contribution in [3.8, 4) is 50.2 Å². The minimum atomic E-state index is -0.463. The molecule has 0 amide bonds. The Bertz CT molecular complexity index is 4140. The molecule has 0 unspecified atom stereocenters. The maximum absolute atomic E-state index is 2.49. The van der Waals surface area contributed by atoms with E-state index in [9.17, 15) is 0 Å². The Morgan fingerprint density at radius 1 is 0.288 bits per heavy atom. The zero-order chi connectivity index (χ0) is 48.3. The number of benzene rings is 12. The van der Waals surface area contributed by atoms with E-state index in [0.29, 0.717) is 0 Å². The number of nitrogens with zero attached hydrogens (tertiary/aromatic N) is 2. The highest BCUT2D eigenvalue weighted by Gasteiger charge is 2.46. The van der Waals surface area contributed by atoms with Crippen molar-refractivity contribution < 1.29 is 0 Å². The van der Waals surface area contributed by atoms with Gasteiger partial charge in [0.05, 0.1) is 27.8 Å². The predicted molar refractivity (Wildman–Crippen MR) is 307 cm³/mol. The summed E-state index contributed by atoms with van der Waals surface area (Å²) in [6, 6.07) is 107. The highest BCUT2D eigenvalue weighted by atomic mass is 15.1. The van der Waals surface area contributed by atoms with Gasteiger partial charge in [-0.25, -0.2) is 0 Å². The maximum Gasteiger partial charge on any atom is 0.0713 e. The van der Waals surface area contributed by atoms with E-state index < -0.39 is 5.41 Å². The molecule has 0 saturated heterocycles. The van der Waals surface area contributed by atoms with Gasteiger partial charge < -0.3 is 9.47 Å². The number of para-hydroxylation sites is 2. The molecule has 0 atom stereocenters. The summed E-state index contributed by atoms with van der Waals surface area (Å²) in [7, 11) is 0. The first-order chi connectivity index (χ1) is 36.2. The van der Waals surface area contributed by atoms with Gasteiger partial charge in [-0.1, -0.05) is 243 Å². The Hall–Kier alpha value is -9.50. The van der Waals surface area contributed by atoms with E-state index in [-0.39, 0.29) is 0 Å². The molecule has 0 N–H and O–H groups in total. The lowest BCUT2D eigenvalue weighted by atomic mass is 9.68. The second-order valence-corrected chi connectivity index (χ2v) is 19.2. The third-order valence-corrected chi connectivity index (χ3v) is 15.3. The van der Waals surface area contributed by atoms with Crippen LogP contribution in [0.1, 0.15) is 22.3 Å². The van der Waals surface area contributed by atoms with E-state index in [1.54, 1.807) is 0 Å². The van der Waals surface area contributed by atoms with Crippen LogP contribution in [0.4, 0.5) is 17.1 Å². The molecule has 1 aliphatic rings. The van der Waals surface area contributed by atoms with Crippen LogP contribution in [0.3, 0.4) is 0 Å². The molecule has 0 aliphatic heterocycles. The molecule has 0 fully saturated rings. The SMILES string of the molecule is c1ccc(-c2ccc(N(c3ccccc3-c3ccccc3-c3ccc4c5ccccc5n(-c5ccc6c(c5)-c5ccccc5C6(c5ccccc5)c5ccccc5)c4c3)c3cccc4ccccc34)cc2)cc1. The van der Waals surface area contributed by atoms with Crippen LogP contribution >= 0.6 is 0 Å². The van der Waals surface area contributed by atoms with E-state index >= 15 is 0 Å². The number of fused-ring (bicyclic) bond motifs is 7. The fourth-order valence-electron chi connectivity index (χ4n) is 12.1. The van der Waals surface area contributed by atoms with Crippen LogP contribution in [0.25, 0.3) is 82.8 Å². The highest BCUT2D eigenvalue weighted by Crippen LogP contribution is 2.57. The van der Waals surface area contributed by atoms with Crippen molar-refractivity contribution in [1.82, 2.24) is 4.57 Å². The number of hydrogen-bond acceptors (Lipinski definition) is 1. The van der Waals surface area contributed by atoms with E-state index in [1.807, 2.05) is 0 Å². The normalized spacial score (nSPS) is 12.5. The van der Waals surface area contributed by atoms with Crippen molar-refractivity contribution in [1.29, 1.82) is 0 Å². The average molecular weight is 929 g/mol. The summed E-state index contributed by atoms with van der Waals surface area (Å²) >= 11 is 0. The molecule has 2 nitrogen and oxygen atoms in total. The molecule has 0 spiro atoms. The van der Waals surface area contributed by atoms with Crippen LogP contribution in [0.5, 0.6) is 0 Å². The molecule has 0 bridgehead atoms. The molecule has 13 aromatic rings. The first-order valence-electron chi connectivity index (χ1n) is 25.3. The minimum Gasteiger partial charge on any atom is -0.309 e. The Kier molecular flexibility index (Phi) is 10.1. The van der Waals surface area contributed by atoms with Crippen LogP contribution in [0.15, 0.2) is 291 Å². The van der Waals surface area contributed by atoms with Crippen molar-refractivity contribution in [3.05, 3.63) is 313 Å². The number of hydrogen-bond donors (Lipinski definition) is 0. The molecule has 0 radical (unpaired) electrons. The molecule has 73 heavy (non-hydrogen) atoms. The molecule has 12 aromatic carbocycles. The Balaban J connectivity index is 0.944. The van der Waals surface area contributed by atoms with Crippen LogP contribution in [-0.4, -0.2) is 4.57 Å². The molecular formula is C71H48N2. The second-order valence-electron chi connectivity index (χ2n) is 19.2. The van der Waals surface area contributed by atoms with Gasteiger partial charge in [0.15, 0.2) is 0 Å². The Morgan fingerprint density at radius 3 is 1.59 bits per heavy atom. The molecule has 1 aliphatic carbocycles. The van der Waals surface area contributed by atoms with Gasteiger partial charge in [0.1, 0.15) is 0 Å². The molecule has 14 rings (SSSR count). The van der Waals surface area contributed by atoms with Crippen molar-refractivity contribution in [2.45, 2.75) is 5.41 Å². The summed E-state index contributed by atoms with van der Waals surface area (Å²) < 4.78 is 2.49. The molecule has 0 saturated carbocycles. The van der Waals surface area contributed by atoms with Gasteiger partial charge in [-0.05, 0) is 115 Å². The first-order valence-corrected chi connectivity index (χ1v) is 25.3. The lowest BCUT2D eigenvalue weighted by Gasteiger charge is -2.33. The van der Waals surface area contributed by atoms with E-state index in [4.69, 9.17) is 0 Å². The highest BCUT2D eigenvalue weighted by molar-refractivity contribution is 6.11. The lowest BCUT2D eigenvalue weighted by molar-refractivity contribution is 0.768. The topological polar surface area (TPSA) is 8.17 Å². The zero-order valence-corrected chi connectivity index (χ0v) is 40.1. The smallest absolute Gasteiger partial charge is 0.0713 e. The van der Waals surface area contributed by atoms with E-state index in [1.165, 1.54) is 88.2 Å². The summed E-state index contributed by atoms with van der Waals surface area (Å²) in [5.74, 6) is 0. The molecule has 342 valence electrons. The third-order valence-electron chi connectivity index (χ3n) is 15.3. The monoisotopic (exact) mass is 928 g/mol. The lowest BCUT2D eigenvalue weighted by Crippen LogP contribution is -2.28. The van der Waals surface area contributed by atoms with Crippen molar-refractivity contribution in [3.63, 3.8) is 0 Å². The number of anilines is 3. The number of rotatable bonds is 9. The summed E-state index contributed by atoms with van der Waals surface area (Å²) in [6.45, 7) is 0. The summed E-state index contributed by atoms with van der Waals surface area (Å²) in [5.41, 5.74) is 21.0. The molecule has 1 heterocycles.